The first-order valence-corrected chi connectivity index (χ1v) is 12.8. The van der Waals surface area contributed by atoms with Gasteiger partial charge >= 0.3 is 23.9 Å². The summed E-state index contributed by atoms with van der Waals surface area (Å²) in [5, 5.41) is 18.6. The number of carbonyl (C=O) groups is 4. The number of carbonyl (C=O) groups excluding carboxylic acids is 2. The first-order valence-electron chi connectivity index (χ1n) is 12.8. The second kappa shape index (κ2) is 12.1. The number of epoxide rings is 4. The quantitative estimate of drug-likeness (QED) is 0.286. The summed E-state index contributed by atoms with van der Waals surface area (Å²) in [4.78, 5) is 46.0. The van der Waals surface area contributed by atoms with E-state index < -0.39 is 23.9 Å². The molecule has 0 bridgehead atoms. The molecule has 212 valence electrons. The summed E-state index contributed by atoms with van der Waals surface area (Å²) in [5.74, 6) is -2.94. The average molecular weight is 557 g/mol. The Hall–Kier alpha value is -3.84. The molecule has 0 saturated carbocycles. The molecule has 4 fully saturated rings. The topological polar surface area (TPSA) is 177 Å². The molecule has 4 saturated heterocycles. The Morgan fingerprint density at radius 1 is 0.600 bits per heavy atom. The minimum absolute atomic E-state index is 0.00369. The minimum atomic E-state index is -1.05. The van der Waals surface area contributed by atoms with Gasteiger partial charge in [0.2, 0.25) is 0 Å². The van der Waals surface area contributed by atoms with Crippen LogP contribution in [0.1, 0.15) is 52.6 Å². The number of carboxylic acids is 2. The highest BCUT2D eigenvalue weighted by atomic mass is 16.6. The van der Waals surface area contributed by atoms with Crippen LogP contribution in [0.15, 0.2) is 36.4 Å². The van der Waals surface area contributed by atoms with Gasteiger partial charge in [-0.1, -0.05) is 0 Å². The molecule has 12 nitrogen and oxygen atoms in total. The molecule has 0 radical (unpaired) electrons. The third-order valence-corrected chi connectivity index (χ3v) is 6.52. The van der Waals surface area contributed by atoms with Crippen molar-refractivity contribution >= 4 is 23.9 Å². The van der Waals surface area contributed by atoms with Gasteiger partial charge in [0.05, 0.1) is 60.9 Å². The minimum Gasteiger partial charge on any atom is -0.478 e. The average Bonchev–Trinajstić information content (AvgIpc) is 3.77. The Morgan fingerprint density at radius 2 is 0.925 bits per heavy atom. The van der Waals surface area contributed by atoms with Gasteiger partial charge in [0, 0.05) is 12.8 Å². The summed E-state index contributed by atoms with van der Waals surface area (Å²) < 4.78 is 30.3. The second-order valence-electron chi connectivity index (χ2n) is 9.73. The fraction of sp³-hybridized carbons (Fsp3) is 0.429. The fourth-order valence-corrected chi connectivity index (χ4v) is 3.96. The van der Waals surface area contributed by atoms with E-state index in [1.54, 1.807) is 24.3 Å². The first kappa shape index (κ1) is 27.7. The monoisotopic (exact) mass is 556 g/mol. The van der Waals surface area contributed by atoms with Crippen molar-refractivity contribution < 1.29 is 57.8 Å². The van der Waals surface area contributed by atoms with Gasteiger partial charge in [-0.3, -0.25) is 0 Å². The van der Waals surface area contributed by atoms with Crippen molar-refractivity contribution in [3.63, 3.8) is 0 Å². The van der Waals surface area contributed by atoms with Crippen LogP contribution in [0.2, 0.25) is 0 Å². The first-order chi connectivity index (χ1) is 19.3. The van der Waals surface area contributed by atoms with Crippen LogP contribution >= 0.6 is 0 Å². The summed E-state index contributed by atoms with van der Waals surface area (Å²) >= 11 is 0. The lowest BCUT2D eigenvalue weighted by Gasteiger charge is -2.14. The van der Waals surface area contributed by atoms with E-state index in [0.29, 0.717) is 61.5 Å². The normalized spacial score (nSPS) is 23.2. The number of benzene rings is 2. The SMILES string of the molecule is O=C(O)c1ccc(C(=O)O)c(CC2CO2)c1CC1CO1.O=C(OCC1CO1)c1ccc(C(=O)OCC2CO2)cc1. The van der Waals surface area contributed by atoms with Crippen LogP contribution < -0.4 is 0 Å². The summed E-state index contributed by atoms with van der Waals surface area (Å²) in [7, 11) is 0. The van der Waals surface area contributed by atoms with E-state index in [1.165, 1.54) is 12.1 Å². The number of carboxylic acid groups (broad SMARTS) is 2. The Balaban J connectivity index is 0.000000161. The van der Waals surface area contributed by atoms with Crippen molar-refractivity contribution in [3.05, 3.63) is 69.8 Å². The Labute approximate surface area is 228 Å². The molecule has 0 amide bonds. The lowest BCUT2D eigenvalue weighted by atomic mass is 9.90. The number of hydrogen-bond acceptors (Lipinski definition) is 10. The molecule has 0 spiro atoms. The van der Waals surface area contributed by atoms with Crippen molar-refractivity contribution in [2.45, 2.75) is 37.3 Å². The van der Waals surface area contributed by atoms with Crippen LogP contribution in [0.3, 0.4) is 0 Å². The number of aromatic carboxylic acids is 2. The van der Waals surface area contributed by atoms with Crippen molar-refractivity contribution in [2.75, 3.05) is 39.6 Å². The van der Waals surface area contributed by atoms with Gasteiger partial charge < -0.3 is 38.6 Å². The van der Waals surface area contributed by atoms with Crippen molar-refractivity contribution in [2.24, 2.45) is 0 Å². The molecule has 0 aromatic heterocycles. The molecule has 12 heteroatoms. The second-order valence-corrected chi connectivity index (χ2v) is 9.73. The van der Waals surface area contributed by atoms with Gasteiger partial charge in [0.1, 0.15) is 25.4 Å². The largest absolute Gasteiger partial charge is 0.478 e. The molecule has 4 aliphatic heterocycles. The molecule has 4 aliphatic rings. The van der Waals surface area contributed by atoms with Crippen LogP contribution in [0.25, 0.3) is 0 Å². The molecule has 4 heterocycles. The van der Waals surface area contributed by atoms with E-state index in [-0.39, 0.29) is 48.8 Å². The van der Waals surface area contributed by atoms with Gasteiger partial charge in [-0.25, -0.2) is 19.2 Å². The molecule has 6 rings (SSSR count). The van der Waals surface area contributed by atoms with E-state index in [9.17, 15) is 29.4 Å². The highest BCUT2D eigenvalue weighted by molar-refractivity contribution is 5.95. The number of hydrogen-bond donors (Lipinski definition) is 2. The van der Waals surface area contributed by atoms with Gasteiger partial charge in [-0.2, -0.15) is 0 Å². The number of esters is 2. The maximum atomic E-state index is 11.7. The summed E-state index contributed by atoms with van der Waals surface area (Å²) in [6.45, 7) is 3.00. The van der Waals surface area contributed by atoms with Crippen LogP contribution in [0.5, 0.6) is 0 Å². The van der Waals surface area contributed by atoms with Gasteiger partial charge in [-0.15, -0.1) is 0 Å². The van der Waals surface area contributed by atoms with Crippen LogP contribution in [0, 0.1) is 0 Å². The van der Waals surface area contributed by atoms with E-state index in [1.807, 2.05) is 0 Å². The zero-order valence-corrected chi connectivity index (χ0v) is 21.4. The van der Waals surface area contributed by atoms with Crippen molar-refractivity contribution in [3.8, 4) is 0 Å². The molecular formula is C28H28O12. The van der Waals surface area contributed by atoms with E-state index in [2.05, 4.69) is 0 Å². The Bertz CT molecular complexity index is 1170. The highest BCUT2D eigenvalue weighted by Gasteiger charge is 2.32. The Kier molecular flexibility index (Phi) is 8.40. The summed E-state index contributed by atoms with van der Waals surface area (Å²) in [5.41, 5.74) is 2.23. The van der Waals surface area contributed by atoms with Crippen LogP contribution in [0.4, 0.5) is 0 Å². The zero-order valence-electron chi connectivity index (χ0n) is 21.4. The smallest absolute Gasteiger partial charge is 0.338 e. The predicted octanol–water partition coefficient (Wildman–Crippen LogP) is 1.76. The summed E-state index contributed by atoms with van der Waals surface area (Å²) in [6.07, 6.45) is 0.943. The van der Waals surface area contributed by atoms with E-state index in [4.69, 9.17) is 28.4 Å². The molecule has 0 aliphatic carbocycles. The predicted molar refractivity (Wildman–Crippen MR) is 134 cm³/mol. The highest BCUT2D eigenvalue weighted by Crippen LogP contribution is 2.29. The van der Waals surface area contributed by atoms with Gasteiger partial charge in [0.15, 0.2) is 0 Å². The Morgan fingerprint density at radius 3 is 1.20 bits per heavy atom. The van der Waals surface area contributed by atoms with Crippen molar-refractivity contribution in [1.82, 2.24) is 0 Å². The van der Waals surface area contributed by atoms with Gasteiger partial charge in [0.25, 0.3) is 0 Å². The maximum Gasteiger partial charge on any atom is 0.338 e. The summed E-state index contributed by atoms with van der Waals surface area (Å²) in [6, 6.07) is 8.89. The molecular weight excluding hydrogens is 528 g/mol. The van der Waals surface area contributed by atoms with E-state index >= 15 is 0 Å². The van der Waals surface area contributed by atoms with Gasteiger partial charge in [-0.05, 0) is 47.5 Å². The molecule has 40 heavy (non-hydrogen) atoms. The molecule has 2 aromatic carbocycles. The van der Waals surface area contributed by atoms with E-state index in [0.717, 1.165) is 0 Å². The maximum absolute atomic E-state index is 11.7. The van der Waals surface area contributed by atoms with Crippen molar-refractivity contribution in [1.29, 1.82) is 0 Å². The molecule has 2 aromatic rings. The third-order valence-electron chi connectivity index (χ3n) is 6.52. The molecule has 4 atom stereocenters. The third kappa shape index (κ3) is 7.85. The fourth-order valence-electron chi connectivity index (χ4n) is 3.96. The number of ether oxygens (including phenoxy) is 6. The zero-order chi connectivity index (χ0) is 28.2. The lowest BCUT2D eigenvalue weighted by Crippen LogP contribution is -2.15. The molecule has 2 N–H and O–H groups in total. The van der Waals surface area contributed by atoms with Crippen LogP contribution in [-0.2, 0) is 41.3 Å². The molecule has 4 unspecified atom stereocenters. The number of rotatable bonds is 12. The van der Waals surface area contributed by atoms with Crippen LogP contribution in [-0.4, -0.2) is 98.1 Å². The lowest BCUT2D eigenvalue weighted by molar-refractivity contribution is 0.0463. The standard InChI is InChI=1S/2C14H14O6/c15-13(16)9-1-2-10(14(17)18)12(4-8-6-20-8)11(9)3-7-5-19-7;15-13(19-7-11-5-17-11)9-1-2-10(4-3-9)14(16)20-8-12-6-18-12/h1-2,7-8H,3-6H2,(H,15,16)(H,17,18);1-4,11-12H,5-8H2.